The molecule has 2 N–H and O–H groups in total. The molecule has 0 saturated heterocycles. The fourth-order valence-electron chi connectivity index (χ4n) is 2.15. The van der Waals surface area contributed by atoms with Crippen LogP contribution < -0.4 is 5.73 Å². The van der Waals surface area contributed by atoms with Crippen molar-refractivity contribution >= 4 is 5.91 Å². The second-order valence-electron chi connectivity index (χ2n) is 4.68. The number of halogens is 2. The summed E-state index contributed by atoms with van der Waals surface area (Å²) in [4.78, 5) is 13.5. The summed E-state index contributed by atoms with van der Waals surface area (Å²) < 4.78 is 26.6. The Hall–Kier alpha value is -1.49. The summed E-state index contributed by atoms with van der Waals surface area (Å²) in [5.74, 6) is -1.46. The van der Waals surface area contributed by atoms with E-state index in [1.807, 2.05) is 0 Å². The Morgan fingerprint density at radius 3 is 2.72 bits per heavy atom. The molecule has 1 atom stereocenters. The molecule has 1 aromatic rings. The summed E-state index contributed by atoms with van der Waals surface area (Å²) in [7, 11) is 1.59. The maximum atomic E-state index is 13.5. The third kappa shape index (κ3) is 2.51. The van der Waals surface area contributed by atoms with Gasteiger partial charge in [-0.2, -0.15) is 0 Å². The van der Waals surface area contributed by atoms with Crippen molar-refractivity contribution in [2.45, 2.75) is 18.9 Å². The monoisotopic (exact) mass is 254 g/mol. The lowest BCUT2D eigenvalue weighted by molar-refractivity contribution is 0.0713. The molecule has 0 heterocycles. The number of nitrogens with two attached hydrogens (primary N) is 1. The lowest BCUT2D eigenvalue weighted by Gasteiger charge is -2.27. The fraction of sp³-hybridized carbons (Fsp3) is 0.462. The molecule has 5 heteroatoms. The van der Waals surface area contributed by atoms with E-state index in [4.69, 9.17) is 5.73 Å². The highest BCUT2D eigenvalue weighted by molar-refractivity contribution is 5.94. The molecular formula is C13H16F2N2O. The highest BCUT2D eigenvalue weighted by Gasteiger charge is 2.35. The largest absolute Gasteiger partial charge is 0.337 e. The topological polar surface area (TPSA) is 46.3 Å². The zero-order valence-corrected chi connectivity index (χ0v) is 10.2. The van der Waals surface area contributed by atoms with Crippen molar-refractivity contribution in [2.75, 3.05) is 13.6 Å². The molecule has 3 nitrogen and oxygen atoms in total. The van der Waals surface area contributed by atoms with Gasteiger partial charge in [-0.15, -0.1) is 0 Å². The van der Waals surface area contributed by atoms with Gasteiger partial charge in [0.15, 0.2) is 0 Å². The van der Waals surface area contributed by atoms with E-state index in [0.717, 1.165) is 31.0 Å². The number of hydrogen-bond acceptors (Lipinski definition) is 2. The average Bonchev–Trinajstić information content (AvgIpc) is 3.16. The van der Waals surface area contributed by atoms with Gasteiger partial charge in [-0.3, -0.25) is 4.79 Å². The zero-order valence-electron chi connectivity index (χ0n) is 10.2. The Kier molecular flexibility index (Phi) is 3.61. The van der Waals surface area contributed by atoms with Crippen LogP contribution in [0.5, 0.6) is 0 Å². The minimum atomic E-state index is -0.709. The van der Waals surface area contributed by atoms with Crippen LogP contribution in [0.2, 0.25) is 0 Å². The highest BCUT2D eigenvalue weighted by Crippen LogP contribution is 2.35. The molecule has 1 unspecified atom stereocenters. The molecular weight excluding hydrogens is 238 g/mol. The van der Waals surface area contributed by atoms with Crippen molar-refractivity contribution in [3.05, 3.63) is 35.4 Å². The molecule has 18 heavy (non-hydrogen) atoms. The van der Waals surface area contributed by atoms with Gasteiger partial charge < -0.3 is 10.6 Å². The van der Waals surface area contributed by atoms with Crippen molar-refractivity contribution in [3.63, 3.8) is 0 Å². The fourth-order valence-corrected chi connectivity index (χ4v) is 2.15. The highest BCUT2D eigenvalue weighted by atomic mass is 19.1. The van der Waals surface area contributed by atoms with Crippen molar-refractivity contribution < 1.29 is 13.6 Å². The number of carbonyl (C=O) groups excluding carboxylic acids is 1. The van der Waals surface area contributed by atoms with E-state index >= 15 is 0 Å². The summed E-state index contributed by atoms with van der Waals surface area (Å²) in [6.07, 6.45) is 2.07. The van der Waals surface area contributed by atoms with Crippen LogP contribution in [-0.2, 0) is 0 Å². The first-order chi connectivity index (χ1) is 8.54. The molecule has 0 radical (unpaired) electrons. The van der Waals surface area contributed by atoms with Gasteiger partial charge in [0.2, 0.25) is 0 Å². The molecule has 1 fully saturated rings. The molecule has 0 aromatic heterocycles. The smallest absolute Gasteiger partial charge is 0.256 e. The molecule has 0 aliphatic heterocycles. The molecule has 2 rings (SSSR count). The van der Waals surface area contributed by atoms with Crippen LogP contribution in [0.3, 0.4) is 0 Å². The van der Waals surface area contributed by atoms with Crippen LogP contribution in [0, 0.1) is 17.6 Å². The number of carbonyl (C=O) groups is 1. The zero-order chi connectivity index (χ0) is 13.3. The van der Waals surface area contributed by atoms with E-state index in [1.165, 1.54) is 4.90 Å². The van der Waals surface area contributed by atoms with Gasteiger partial charge in [0, 0.05) is 19.6 Å². The van der Waals surface area contributed by atoms with E-state index in [0.29, 0.717) is 12.5 Å². The summed E-state index contributed by atoms with van der Waals surface area (Å²) in [6.45, 7) is 0.337. The van der Waals surface area contributed by atoms with Crippen LogP contribution in [0.25, 0.3) is 0 Å². The Morgan fingerprint density at radius 1 is 1.50 bits per heavy atom. The van der Waals surface area contributed by atoms with Crippen LogP contribution >= 0.6 is 0 Å². The first kappa shape index (κ1) is 13.0. The summed E-state index contributed by atoms with van der Waals surface area (Å²) in [6, 6.07) is 2.78. The summed E-state index contributed by atoms with van der Waals surface area (Å²) in [5, 5.41) is 0. The summed E-state index contributed by atoms with van der Waals surface area (Å²) >= 11 is 0. The number of nitrogens with zero attached hydrogens (tertiary/aromatic N) is 1. The molecule has 1 amide bonds. The Morgan fingerprint density at radius 2 is 2.17 bits per heavy atom. The van der Waals surface area contributed by atoms with Crippen LogP contribution in [0.15, 0.2) is 18.2 Å². The van der Waals surface area contributed by atoms with E-state index in [1.54, 1.807) is 7.05 Å². The standard InChI is InChI=1S/C13H16F2N2O/c1-17(12(7-16)8-2-3-8)13(18)10-6-9(14)4-5-11(10)15/h4-6,8,12H,2-3,7,16H2,1H3. The second kappa shape index (κ2) is 5.02. The maximum Gasteiger partial charge on any atom is 0.256 e. The minimum absolute atomic E-state index is 0.0971. The van der Waals surface area contributed by atoms with Gasteiger partial charge in [-0.05, 0) is 37.0 Å². The minimum Gasteiger partial charge on any atom is -0.337 e. The predicted molar refractivity (Wildman–Crippen MR) is 64.0 cm³/mol. The Bertz CT molecular complexity index is 460. The van der Waals surface area contributed by atoms with E-state index < -0.39 is 17.5 Å². The van der Waals surface area contributed by atoms with Gasteiger partial charge in [0.05, 0.1) is 5.56 Å². The SMILES string of the molecule is CN(C(=O)c1cc(F)ccc1F)C(CN)C1CC1. The molecule has 1 aromatic carbocycles. The molecule has 1 aliphatic carbocycles. The van der Waals surface area contributed by atoms with Gasteiger partial charge in [0.1, 0.15) is 11.6 Å². The first-order valence-corrected chi connectivity index (χ1v) is 5.97. The second-order valence-corrected chi connectivity index (χ2v) is 4.68. The number of hydrogen-bond donors (Lipinski definition) is 1. The quantitative estimate of drug-likeness (QED) is 0.890. The van der Waals surface area contributed by atoms with Gasteiger partial charge in [0.25, 0.3) is 5.91 Å². The number of amides is 1. The van der Waals surface area contributed by atoms with Crippen molar-refractivity contribution in [1.82, 2.24) is 4.90 Å². The predicted octanol–water partition coefficient (Wildman–Crippen LogP) is 1.77. The average molecular weight is 254 g/mol. The maximum absolute atomic E-state index is 13.5. The van der Waals surface area contributed by atoms with Crippen molar-refractivity contribution in [2.24, 2.45) is 11.7 Å². The van der Waals surface area contributed by atoms with Crippen LogP contribution in [0.4, 0.5) is 8.78 Å². The van der Waals surface area contributed by atoms with Crippen LogP contribution in [0.1, 0.15) is 23.2 Å². The Balaban J connectivity index is 2.21. The first-order valence-electron chi connectivity index (χ1n) is 5.97. The molecule has 1 aliphatic rings. The van der Waals surface area contributed by atoms with Crippen molar-refractivity contribution in [3.8, 4) is 0 Å². The van der Waals surface area contributed by atoms with Crippen LogP contribution in [-0.4, -0.2) is 30.4 Å². The number of benzene rings is 1. The van der Waals surface area contributed by atoms with Gasteiger partial charge in [-0.1, -0.05) is 0 Å². The van der Waals surface area contributed by atoms with Gasteiger partial charge in [-0.25, -0.2) is 8.78 Å². The Labute approximate surface area is 105 Å². The molecule has 98 valence electrons. The number of likely N-dealkylation sites (N-methyl/N-ethyl adjacent to an activating group) is 1. The number of rotatable bonds is 4. The third-order valence-corrected chi connectivity index (χ3v) is 3.38. The normalized spacial score (nSPS) is 16.4. The molecule has 1 saturated carbocycles. The van der Waals surface area contributed by atoms with E-state index in [9.17, 15) is 13.6 Å². The van der Waals surface area contributed by atoms with E-state index in [2.05, 4.69) is 0 Å². The molecule has 0 bridgehead atoms. The van der Waals surface area contributed by atoms with Crippen molar-refractivity contribution in [1.29, 1.82) is 0 Å². The molecule has 0 spiro atoms. The van der Waals surface area contributed by atoms with Gasteiger partial charge >= 0.3 is 0 Å². The third-order valence-electron chi connectivity index (χ3n) is 3.38. The summed E-state index contributed by atoms with van der Waals surface area (Å²) in [5.41, 5.74) is 5.40. The lowest BCUT2D eigenvalue weighted by atomic mass is 10.1. The lowest BCUT2D eigenvalue weighted by Crippen LogP contribution is -2.43. The van der Waals surface area contributed by atoms with E-state index in [-0.39, 0.29) is 11.6 Å².